The molecule has 0 saturated carbocycles. The van der Waals surface area contributed by atoms with Crippen LogP contribution in [0.25, 0.3) is 10.9 Å². The molecule has 0 aliphatic carbocycles. The van der Waals surface area contributed by atoms with E-state index in [1.54, 1.807) is 0 Å². The van der Waals surface area contributed by atoms with Gasteiger partial charge in [0.05, 0.1) is 12.1 Å². The zero-order chi connectivity index (χ0) is 20.1. The van der Waals surface area contributed by atoms with Crippen LogP contribution in [0, 0.1) is 0 Å². The second-order valence-corrected chi connectivity index (χ2v) is 7.20. The standard InChI is InChI=1S/C25H26N2O2.H2S/c1-26-17-24(28)25(20-10-6-3-7-11-20)27-15-14-21-16-22(12-13-23(21)27)29-18-19-8-4-2-5-9-19;/h2-16,24-26,28H,17-18H2,1H3;1H2/t24-,25+;/m1./s1. The van der Waals surface area contributed by atoms with E-state index in [1.807, 2.05) is 55.7 Å². The van der Waals surface area contributed by atoms with Gasteiger partial charge in [-0.05, 0) is 42.4 Å². The average molecular weight is 421 g/mol. The Labute approximate surface area is 184 Å². The molecular weight excluding hydrogens is 392 g/mol. The number of rotatable bonds is 8. The van der Waals surface area contributed by atoms with E-state index in [1.165, 1.54) is 0 Å². The second kappa shape index (κ2) is 10.3. The SMILES string of the molecule is CNC[C@@H](O)[C@H](c1ccccc1)n1ccc2cc(OCc3ccccc3)ccc21.S. The predicted molar refractivity (Wildman–Crippen MR) is 128 cm³/mol. The largest absolute Gasteiger partial charge is 0.489 e. The van der Waals surface area contributed by atoms with Gasteiger partial charge in [0.15, 0.2) is 0 Å². The van der Waals surface area contributed by atoms with Gasteiger partial charge in [-0.15, -0.1) is 0 Å². The fourth-order valence-corrected chi connectivity index (χ4v) is 3.75. The highest BCUT2D eigenvalue weighted by atomic mass is 32.1. The first-order chi connectivity index (χ1) is 14.3. The maximum Gasteiger partial charge on any atom is 0.120 e. The lowest BCUT2D eigenvalue weighted by Crippen LogP contribution is -2.33. The molecule has 0 aliphatic rings. The summed E-state index contributed by atoms with van der Waals surface area (Å²) in [6.07, 6.45) is 1.49. The number of aliphatic hydroxyl groups is 1. The summed E-state index contributed by atoms with van der Waals surface area (Å²) in [5.41, 5.74) is 3.29. The van der Waals surface area contributed by atoms with E-state index in [0.717, 1.165) is 27.8 Å². The monoisotopic (exact) mass is 420 g/mol. The van der Waals surface area contributed by atoms with Crippen molar-refractivity contribution in [2.45, 2.75) is 18.8 Å². The molecule has 4 nitrogen and oxygen atoms in total. The van der Waals surface area contributed by atoms with Gasteiger partial charge in [0, 0.05) is 23.6 Å². The van der Waals surface area contributed by atoms with Crippen LogP contribution >= 0.6 is 13.5 Å². The van der Waals surface area contributed by atoms with E-state index in [0.29, 0.717) is 13.2 Å². The molecule has 0 fully saturated rings. The third-order valence-corrected chi connectivity index (χ3v) is 5.16. The summed E-state index contributed by atoms with van der Waals surface area (Å²) < 4.78 is 8.12. The van der Waals surface area contributed by atoms with Gasteiger partial charge in [-0.2, -0.15) is 13.5 Å². The predicted octanol–water partition coefficient (Wildman–Crippen LogP) is 4.50. The van der Waals surface area contributed by atoms with Gasteiger partial charge in [-0.3, -0.25) is 0 Å². The Hall–Kier alpha value is -2.73. The fraction of sp³-hybridized carbons (Fsp3) is 0.200. The molecule has 0 saturated heterocycles. The van der Waals surface area contributed by atoms with Gasteiger partial charge in [0.25, 0.3) is 0 Å². The Balaban J connectivity index is 0.00000256. The van der Waals surface area contributed by atoms with Crippen LogP contribution in [0.1, 0.15) is 17.2 Å². The second-order valence-electron chi connectivity index (χ2n) is 7.20. The Kier molecular flexibility index (Phi) is 7.57. The number of hydrogen-bond acceptors (Lipinski definition) is 3. The van der Waals surface area contributed by atoms with Crippen molar-refractivity contribution >= 4 is 24.4 Å². The van der Waals surface area contributed by atoms with Crippen LogP contribution in [-0.4, -0.2) is 29.4 Å². The Morgan fingerprint density at radius 2 is 1.63 bits per heavy atom. The molecule has 0 radical (unpaired) electrons. The van der Waals surface area contributed by atoms with Crippen LogP contribution in [0.3, 0.4) is 0 Å². The lowest BCUT2D eigenvalue weighted by atomic mass is 10.0. The van der Waals surface area contributed by atoms with E-state index >= 15 is 0 Å². The molecule has 5 heteroatoms. The van der Waals surface area contributed by atoms with Crippen molar-refractivity contribution in [1.82, 2.24) is 9.88 Å². The quantitative estimate of drug-likeness (QED) is 0.441. The Morgan fingerprint density at radius 3 is 2.33 bits per heavy atom. The molecule has 1 heterocycles. The van der Waals surface area contributed by atoms with Crippen LogP contribution in [-0.2, 0) is 6.61 Å². The molecule has 1 aromatic heterocycles. The highest BCUT2D eigenvalue weighted by molar-refractivity contribution is 7.59. The van der Waals surface area contributed by atoms with Crippen LogP contribution in [0.15, 0.2) is 91.1 Å². The third kappa shape index (κ3) is 4.87. The normalized spacial score (nSPS) is 12.9. The van der Waals surface area contributed by atoms with Crippen molar-refractivity contribution in [3.05, 3.63) is 102 Å². The number of fused-ring (bicyclic) bond motifs is 1. The van der Waals surface area contributed by atoms with Crippen molar-refractivity contribution < 1.29 is 9.84 Å². The molecule has 0 unspecified atom stereocenters. The molecule has 0 aliphatic heterocycles. The lowest BCUT2D eigenvalue weighted by molar-refractivity contribution is 0.132. The summed E-state index contributed by atoms with van der Waals surface area (Å²) in [6, 6.07) is 28.3. The van der Waals surface area contributed by atoms with Crippen molar-refractivity contribution in [2.75, 3.05) is 13.6 Å². The number of ether oxygens (including phenoxy) is 1. The molecule has 2 atom stereocenters. The van der Waals surface area contributed by atoms with Crippen LogP contribution in [0.4, 0.5) is 0 Å². The zero-order valence-electron chi connectivity index (χ0n) is 17.0. The summed E-state index contributed by atoms with van der Waals surface area (Å²) in [5.74, 6) is 0.839. The van der Waals surface area contributed by atoms with Crippen molar-refractivity contribution in [3.63, 3.8) is 0 Å². The van der Waals surface area contributed by atoms with Crippen LogP contribution in [0.5, 0.6) is 5.75 Å². The van der Waals surface area contributed by atoms with Gasteiger partial charge in [-0.1, -0.05) is 60.7 Å². The number of likely N-dealkylation sites (N-methyl/N-ethyl adjacent to an activating group) is 1. The minimum absolute atomic E-state index is 0. The average Bonchev–Trinajstić information content (AvgIpc) is 3.17. The summed E-state index contributed by atoms with van der Waals surface area (Å²) >= 11 is 0. The first kappa shape index (κ1) is 22.0. The minimum Gasteiger partial charge on any atom is -0.489 e. The summed E-state index contributed by atoms with van der Waals surface area (Å²) in [4.78, 5) is 0. The summed E-state index contributed by atoms with van der Waals surface area (Å²) in [7, 11) is 1.86. The number of benzene rings is 3. The maximum absolute atomic E-state index is 10.9. The highest BCUT2D eigenvalue weighted by Crippen LogP contribution is 2.30. The van der Waals surface area contributed by atoms with E-state index in [9.17, 15) is 5.11 Å². The van der Waals surface area contributed by atoms with Gasteiger partial charge < -0.3 is 19.7 Å². The van der Waals surface area contributed by atoms with Gasteiger partial charge in [-0.25, -0.2) is 0 Å². The summed E-state index contributed by atoms with van der Waals surface area (Å²) in [5, 5.41) is 15.0. The van der Waals surface area contributed by atoms with Gasteiger partial charge in [0.2, 0.25) is 0 Å². The van der Waals surface area contributed by atoms with Gasteiger partial charge >= 0.3 is 0 Å². The number of nitrogens with zero attached hydrogens (tertiary/aromatic N) is 1. The molecule has 156 valence electrons. The molecular formula is C25H28N2O2S. The molecule has 2 N–H and O–H groups in total. The number of hydrogen-bond donors (Lipinski definition) is 2. The van der Waals surface area contributed by atoms with Crippen molar-refractivity contribution in [2.24, 2.45) is 0 Å². The number of aromatic nitrogens is 1. The first-order valence-electron chi connectivity index (χ1n) is 9.91. The third-order valence-electron chi connectivity index (χ3n) is 5.16. The topological polar surface area (TPSA) is 46.4 Å². The highest BCUT2D eigenvalue weighted by Gasteiger charge is 2.23. The Morgan fingerprint density at radius 1 is 0.933 bits per heavy atom. The molecule has 0 spiro atoms. The summed E-state index contributed by atoms with van der Waals surface area (Å²) in [6.45, 7) is 1.05. The fourth-order valence-electron chi connectivity index (χ4n) is 3.75. The number of nitrogens with one attached hydrogen (secondary N) is 1. The van der Waals surface area contributed by atoms with Gasteiger partial charge in [0.1, 0.15) is 12.4 Å². The zero-order valence-corrected chi connectivity index (χ0v) is 18.0. The Bertz CT molecular complexity index is 1050. The molecule has 30 heavy (non-hydrogen) atoms. The minimum atomic E-state index is -0.549. The molecule has 3 aromatic carbocycles. The molecule has 4 aromatic rings. The number of aliphatic hydroxyl groups excluding tert-OH is 1. The van der Waals surface area contributed by atoms with Crippen LogP contribution in [0.2, 0.25) is 0 Å². The van der Waals surface area contributed by atoms with E-state index in [2.05, 4.69) is 52.3 Å². The lowest BCUT2D eigenvalue weighted by Gasteiger charge is -2.26. The molecule has 0 bridgehead atoms. The molecule has 4 rings (SSSR count). The smallest absolute Gasteiger partial charge is 0.120 e. The maximum atomic E-state index is 10.9. The van der Waals surface area contributed by atoms with E-state index < -0.39 is 6.10 Å². The van der Waals surface area contributed by atoms with E-state index in [4.69, 9.17) is 4.74 Å². The van der Waals surface area contributed by atoms with Crippen molar-refractivity contribution in [3.8, 4) is 5.75 Å². The first-order valence-corrected chi connectivity index (χ1v) is 9.91. The van der Waals surface area contributed by atoms with Crippen LogP contribution < -0.4 is 10.1 Å². The van der Waals surface area contributed by atoms with Crippen molar-refractivity contribution in [1.29, 1.82) is 0 Å². The van der Waals surface area contributed by atoms with E-state index in [-0.39, 0.29) is 19.5 Å². The molecule has 0 amide bonds.